The zero-order chi connectivity index (χ0) is 16.3. The molecule has 1 aromatic rings. The summed E-state index contributed by atoms with van der Waals surface area (Å²) >= 11 is 11.9. The third kappa shape index (κ3) is 4.05. The zero-order valence-electron chi connectivity index (χ0n) is 12.2. The normalized spacial score (nSPS) is 21.5. The van der Waals surface area contributed by atoms with Gasteiger partial charge < -0.3 is 15.4 Å². The number of benzene rings is 1. The number of likely N-dealkylation sites (tertiary alicyclic amines) is 1. The number of carbonyl (C=O) groups excluding carboxylic acids is 2. The van der Waals surface area contributed by atoms with Crippen molar-refractivity contribution in [1.82, 2.24) is 4.90 Å². The molecule has 0 spiro atoms. The SMILES string of the molecule is C[C@H]1CC[C@H](C(N)=O)CN1C(=O)COc1cc(Cl)ccc1Cl. The van der Waals surface area contributed by atoms with Crippen molar-refractivity contribution in [2.24, 2.45) is 11.7 Å². The first-order valence-electron chi connectivity index (χ1n) is 7.05. The lowest BCUT2D eigenvalue weighted by molar-refractivity contribution is -0.139. The van der Waals surface area contributed by atoms with E-state index < -0.39 is 0 Å². The van der Waals surface area contributed by atoms with Crippen LogP contribution >= 0.6 is 23.2 Å². The molecule has 120 valence electrons. The quantitative estimate of drug-likeness (QED) is 0.911. The fraction of sp³-hybridized carbons (Fsp3) is 0.467. The molecule has 2 rings (SSSR count). The molecule has 0 aliphatic carbocycles. The summed E-state index contributed by atoms with van der Waals surface area (Å²) < 4.78 is 5.45. The average molecular weight is 345 g/mol. The molecule has 1 fully saturated rings. The molecule has 1 saturated heterocycles. The summed E-state index contributed by atoms with van der Waals surface area (Å²) in [5, 5.41) is 0.867. The molecule has 0 radical (unpaired) electrons. The van der Waals surface area contributed by atoms with E-state index in [-0.39, 0.29) is 30.4 Å². The lowest BCUT2D eigenvalue weighted by Crippen LogP contribution is -2.50. The molecule has 1 aliphatic rings. The Hall–Kier alpha value is -1.46. The maximum Gasteiger partial charge on any atom is 0.260 e. The van der Waals surface area contributed by atoms with Crippen molar-refractivity contribution in [2.45, 2.75) is 25.8 Å². The molecular weight excluding hydrogens is 327 g/mol. The Morgan fingerprint density at radius 3 is 2.77 bits per heavy atom. The van der Waals surface area contributed by atoms with Crippen LogP contribution in [0.1, 0.15) is 19.8 Å². The van der Waals surface area contributed by atoms with Crippen LogP contribution in [0.4, 0.5) is 0 Å². The van der Waals surface area contributed by atoms with Crippen LogP contribution in [0, 0.1) is 5.92 Å². The summed E-state index contributed by atoms with van der Waals surface area (Å²) in [7, 11) is 0. The molecule has 0 bridgehead atoms. The van der Waals surface area contributed by atoms with Crippen LogP contribution in [0.5, 0.6) is 5.75 Å². The number of rotatable bonds is 4. The van der Waals surface area contributed by atoms with Crippen molar-refractivity contribution < 1.29 is 14.3 Å². The second-order valence-electron chi connectivity index (χ2n) is 5.44. The second kappa shape index (κ2) is 7.20. The summed E-state index contributed by atoms with van der Waals surface area (Å²) in [6, 6.07) is 4.86. The number of hydrogen-bond acceptors (Lipinski definition) is 3. The third-order valence-electron chi connectivity index (χ3n) is 3.85. The lowest BCUT2D eigenvalue weighted by Gasteiger charge is -2.36. The van der Waals surface area contributed by atoms with Crippen molar-refractivity contribution in [3.63, 3.8) is 0 Å². The van der Waals surface area contributed by atoms with E-state index in [1.165, 1.54) is 0 Å². The largest absolute Gasteiger partial charge is 0.482 e. The van der Waals surface area contributed by atoms with Gasteiger partial charge in [-0.05, 0) is 31.9 Å². The van der Waals surface area contributed by atoms with E-state index in [9.17, 15) is 9.59 Å². The van der Waals surface area contributed by atoms with E-state index in [4.69, 9.17) is 33.7 Å². The van der Waals surface area contributed by atoms with Gasteiger partial charge in [-0.15, -0.1) is 0 Å². The molecular formula is C15H18Cl2N2O3. The first-order valence-corrected chi connectivity index (χ1v) is 7.80. The molecule has 22 heavy (non-hydrogen) atoms. The minimum atomic E-state index is -0.372. The van der Waals surface area contributed by atoms with E-state index in [2.05, 4.69) is 0 Å². The highest BCUT2D eigenvalue weighted by molar-refractivity contribution is 6.34. The number of hydrogen-bond donors (Lipinski definition) is 1. The molecule has 5 nitrogen and oxygen atoms in total. The predicted molar refractivity (Wildman–Crippen MR) is 85.1 cm³/mol. The van der Waals surface area contributed by atoms with Gasteiger partial charge in [0, 0.05) is 23.7 Å². The standard InChI is InChI=1S/C15H18Cl2N2O3/c1-9-2-3-10(15(18)21)7-19(9)14(20)8-22-13-6-11(16)4-5-12(13)17/h4-6,9-10H,2-3,7-8H2,1H3,(H2,18,21)/t9-,10-/m0/s1. The van der Waals surface area contributed by atoms with Crippen LogP contribution in [0.3, 0.4) is 0 Å². The van der Waals surface area contributed by atoms with E-state index in [1.807, 2.05) is 6.92 Å². The fourth-order valence-electron chi connectivity index (χ4n) is 2.50. The van der Waals surface area contributed by atoms with Crippen molar-refractivity contribution >= 4 is 35.0 Å². The van der Waals surface area contributed by atoms with E-state index in [0.29, 0.717) is 28.8 Å². The highest BCUT2D eigenvalue weighted by Crippen LogP contribution is 2.28. The minimum Gasteiger partial charge on any atom is -0.482 e. The van der Waals surface area contributed by atoms with Crippen LogP contribution in [0.25, 0.3) is 0 Å². The maximum atomic E-state index is 12.3. The number of piperidine rings is 1. The summed E-state index contributed by atoms with van der Waals surface area (Å²) in [5.41, 5.74) is 5.34. The van der Waals surface area contributed by atoms with Crippen molar-refractivity contribution in [2.75, 3.05) is 13.2 Å². The molecule has 7 heteroatoms. The molecule has 2 amide bonds. The van der Waals surface area contributed by atoms with Gasteiger partial charge in [-0.2, -0.15) is 0 Å². The Kier molecular flexibility index (Phi) is 5.53. The summed E-state index contributed by atoms with van der Waals surface area (Å²) in [5.74, 6) is -0.508. The number of ether oxygens (including phenoxy) is 1. The molecule has 0 saturated carbocycles. The Balaban J connectivity index is 1.98. The van der Waals surface area contributed by atoms with Gasteiger partial charge in [0.05, 0.1) is 10.9 Å². The van der Waals surface area contributed by atoms with Gasteiger partial charge in [0.15, 0.2) is 6.61 Å². The Morgan fingerprint density at radius 1 is 1.36 bits per heavy atom. The van der Waals surface area contributed by atoms with Gasteiger partial charge in [0.25, 0.3) is 5.91 Å². The molecule has 0 aromatic heterocycles. The van der Waals surface area contributed by atoms with E-state index in [1.54, 1.807) is 23.1 Å². The van der Waals surface area contributed by atoms with Gasteiger partial charge in [-0.3, -0.25) is 9.59 Å². The summed E-state index contributed by atoms with van der Waals surface area (Å²) in [6.07, 6.45) is 1.46. The number of amides is 2. The first kappa shape index (κ1) is 16.9. The zero-order valence-corrected chi connectivity index (χ0v) is 13.7. The first-order chi connectivity index (χ1) is 10.4. The van der Waals surface area contributed by atoms with Gasteiger partial charge in [-0.1, -0.05) is 23.2 Å². The molecule has 2 N–H and O–H groups in total. The second-order valence-corrected chi connectivity index (χ2v) is 6.28. The summed E-state index contributed by atoms with van der Waals surface area (Å²) in [6.45, 7) is 2.12. The molecule has 2 atom stereocenters. The highest BCUT2D eigenvalue weighted by atomic mass is 35.5. The Labute approximate surface area is 139 Å². The highest BCUT2D eigenvalue weighted by Gasteiger charge is 2.31. The lowest BCUT2D eigenvalue weighted by atomic mass is 9.93. The third-order valence-corrected chi connectivity index (χ3v) is 4.40. The van der Waals surface area contributed by atoms with Gasteiger partial charge >= 0.3 is 0 Å². The maximum absolute atomic E-state index is 12.3. The van der Waals surface area contributed by atoms with Crippen molar-refractivity contribution in [3.05, 3.63) is 28.2 Å². The van der Waals surface area contributed by atoms with E-state index >= 15 is 0 Å². The van der Waals surface area contributed by atoms with Crippen molar-refractivity contribution in [3.8, 4) is 5.75 Å². The van der Waals surface area contributed by atoms with Gasteiger partial charge in [0.2, 0.25) is 5.91 Å². The van der Waals surface area contributed by atoms with Crippen LogP contribution in [0.15, 0.2) is 18.2 Å². The summed E-state index contributed by atoms with van der Waals surface area (Å²) in [4.78, 5) is 25.3. The molecule has 1 aliphatic heterocycles. The number of nitrogens with zero attached hydrogens (tertiary/aromatic N) is 1. The van der Waals surface area contributed by atoms with Gasteiger partial charge in [0.1, 0.15) is 5.75 Å². The Bertz CT molecular complexity index is 580. The monoisotopic (exact) mass is 344 g/mol. The smallest absolute Gasteiger partial charge is 0.260 e. The molecule has 0 unspecified atom stereocenters. The van der Waals surface area contributed by atoms with Crippen molar-refractivity contribution in [1.29, 1.82) is 0 Å². The predicted octanol–water partition coefficient (Wildman–Crippen LogP) is 2.48. The minimum absolute atomic E-state index is 0.0570. The number of nitrogens with two attached hydrogens (primary N) is 1. The van der Waals surface area contributed by atoms with Crippen LogP contribution in [-0.4, -0.2) is 35.9 Å². The molecule has 1 aromatic carbocycles. The fourth-order valence-corrected chi connectivity index (χ4v) is 2.83. The Morgan fingerprint density at radius 2 is 2.09 bits per heavy atom. The van der Waals surface area contributed by atoms with E-state index in [0.717, 1.165) is 6.42 Å². The van der Waals surface area contributed by atoms with Gasteiger partial charge in [-0.25, -0.2) is 0 Å². The number of halogens is 2. The topological polar surface area (TPSA) is 72.6 Å². The average Bonchev–Trinajstić information content (AvgIpc) is 2.48. The number of primary amides is 1. The van der Waals surface area contributed by atoms with Crippen LogP contribution in [-0.2, 0) is 9.59 Å². The van der Waals surface area contributed by atoms with Crippen LogP contribution < -0.4 is 10.5 Å². The molecule has 1 heterocycles. The number of carbonyl (C=O) groups is 2. The van der Waals surface area contributed by atoms with Crippen LogP contribution in [0.2, 0.25) is 10.0 Å².